The van der Waals surface area contributed by atoms with Crippen LogP contribution in [0.1, 0.15) is 12.0 Å². The van der Waals surface area contributed by atoms with Crippen LogP contribution < -0.4 is 0 Å². The van der Waals surface area contributed by atoms with E-state index in [0.29, 0.717) is 0 Å². The van der Waals surface area contributed by atoms with Crippen LogP contribution in [0.25, 0.3) is 0 Å². The number of halogens is 5. The van der Waals surface area contributed by atoms with Crippen LogP contribution in [0.3, 0.4) is 0 Å². The molecule has 0 aliphatic carbocycles. The maximum Gasteiger partial charge on any atom is 0.446 e. The number of thioether (sulfide) groups is 1. The largest absolute Gasteiger partial charge is 0.446 e. The summed E-state index contributed by atoms with van der Waals surface area (Å²) >= 11 is 6.56. The van der Waals surface area contributed by atoms with Crippen molar-refractivity contribution in [3.05, 3.63) is 28.2 Å². The van der Waals surface area contributed by atoms with Gasteiger partial charge in [-0.15, -0.1) is 0 Å². The van der Waals surface area contributed by atoms with Crippen LogP contribution in [0.2, 0.25) is 0 Å². The van der Waals surface area contributed by atoms with E-state index in [-0.39, 0.29) is 16.7 Å². The molecule has 0 saturated carbocycles. The first-order chi connectivity index (χ1) is 7.42. The van der Waals surface area contributed by atoms with Crippen molar-refractivity contribution in [3.8, 4) is 0 Å². The van der Waals surface area contributed by atoms with Crippen LogP contribution in [0, 0.1) is 0 Å². The standard InChI is InChI=1S/C10H9Br2F3S/c11-5-1-2-7-6-8(3-4-9(7)12)16-10(13,14)15/h3-4,6H,1-2,5H2. The fourth-order valence-corrected chi connectivity index (χ4v) is 2.53. The smallest absolute Gasteiger partial charge is 0.160 e. The van der Waals surface area contributed by atoms with Crippen molar-refractivity contribution < 1.29 is 13.2 Å². The highest BCUT2D eigenvalue weighted by Crippen LogP contribution is 2.38. The Morgan fingerprint density at radius 1 is 1.25 bits per heavy atom. The normalized spacial score (nSPS) is 11.8. The van der Waals surface area contributed by atoms with Crippen molar-refractivity contribution in [1.29, 1.82) is 0 Å². The van der Waals surface area contributed by atoms with Crippen molar-refractivity contribution in [2.45, 2.75) is 23.2 Å². The molecule has 1 rings (SSSR count). The fourth-order valence-electron chi connectivity index (χ4n) is 1.20. The van der Waals surface area contributed by atoms with E-state index < -0.39 is 5.51 Å². The van der Waals surface area contributed by atoms with Gasteiger partial charge >= 0.3 is 5.51 Å². The van der Waals surface area contributed by atoms with Gasteiger partial charge in [0, 0.05) is 14.7 Å². The molecule has 1 aromatic carbocycles. The van der Waals surface area contributed by atoms with Gasteiger partial charge in [0.15, 0.2) is 0 Å². The van der Waals surface area contributed by atoms with Crippen LogP contribution in [-0.4, -0.2) is 10.8 Å². The molecule has 0 atom stereocenters. The number of alkyl halides is 4. The molecule has 6 heteroatoms. The molecule has 16 heavy (non-hydrogen) atoms. The molecule has 0 fully saturated rings. The molecule has 90 valence electrons. The molecule has 0 saturated heterocycles. The summed E-state index contributed by atoms with van der Waals surface area (Å²) in [5.74, 6) is 0. The number of aryl methyl sites for hydroxylation is 1. The minimum Gasteiger partial charge on any atom is -0.160 e. The van der Waals surface area contributed by atoms with E-state index in [0.717, 1.165) is 28.2 Å². The molecular formula is C10H9Br2F3S. The maximum atomic E-state index is 12.2. The molecule has 0 radical (unpaired) electrons. The van der Waals surface area contributed by atoms with E-state index in [4.69, 9.17) is 0 Å². The zero-order valence-corrected chi connectivity index (χ0v) is 12.1. The van der Waals surface area contributed by atoms with E-state index in [2.05, 4.69) is 31.9 Å². The van der Waals surface area contributed by atoms with Gasteiger partial charge in [-0.05, 0) is 48.4 Å². The molecule has 0 aliphatic rings. The van der Waals surface area contributed by atoms with Gasteiger partial charge in [-0.2, -0.15) is 13.2 Å². The summed E-state index contributed by atoms with van der Waals surface area (Å²) in [5.41, 5.74) is -3.31. The van der Waals surface area contributed by atoms with Gasteiger partial charge in [0.1, 0.15) is 0 Å². The SMILES string of the molecule is FC(F)(F)Sc1ccc(Br)c(CCCBr)c1. The topological polar surface area (TPSA) is 0 Å². The Labute approximate surface area is 113 Å². The van der Waals surface area contributed by atoms with Crippen molar-refractivity contribution in [2.24, 2.45) is 0 Å². The van der Waals surface area contributed by atoms with Gasteiger partial charge in [0.05, 0.1) is 0 Å². The Morgan fingerprint density at radius 3 is 2.50 bits per heavy atom. The van der Waals surface area contributed by atoms with Gasteiger partial charge in [0.25, 0.3) is 0 Å². The molecule has 0 aliphatic heterocycles. The second-order valence-electron chi connectivity index (χ2n) is 3.09. The average Bonchev–Trinajstić information content (AvgIpc) is 2.17. The minimum atomic E-state index is -4.22. The summed E-state index contributed by atoms with van der Waals surface area (Å²) in [5, 5.41) is 0.843. The monoisotopic (exact) mass is 376 g/mol. The van der Waals surface area contributed by atoms with Crippen LogP contribution >= 0.6 is 43.6 Å². The number of hydrogen-bond donors (Lipinski definition) is 0. The van der Waals surface area contributed by atoms with Crippen LogP contribution in [0.4, 0.5) is 13.2 Å². The molecule has 0 aromatic heterocycles. The predicted molar refractivity (Wildman–Crippen MR) is 68.2 cm³/mol. The lowest BCUT2D eigenvalue weighted by Crippen LogP contribution is -1.99. The summed E-state index contributed by atoms with van der Waals surface area (Å²) in [6.45, 7) is 0. The summed E-state index contributed by atoms with van der Waals surface area (Å²) in [6.07, 6.45) is 1.66. The van der Waals surface area contributed by atoms with Gasteiger partial charge < -0.3 is 0 Å². The number of rotatable bonds is 4. The van der Waals surface area contributed by atoms with E-state index in [1.807, 2.05) is 0 Å². The molecule has 0 nitrogen and oxygen atoms in total. The molecule has 0 spiro atoms. The Bertz CT molecular complexity index is 352. The Hall–Kier alpha value is 0.320. The Morgan fingerprint density at radius 2 is 1.94 bits per heavy atom. The molecular weight excluding hydrogens is 369 g/mol. The highest BCUT2D eigenvalue weighted by molar-refractivity contribution is 9.10. The minimum absolute atomic E-state index is 0.0755. The first-order valence-electron chi connectivity index (χ1n) is 4.52. The number of hydrogen-bond acceptors (Lipinski definition) is 1. The molecule has 1 aromatic rings. The third-order valence-electron chi connectivity index (χ3n) is 1.83. The van der Waals surface area contributed by atoms with Gasteiger partial charge in [-0.25, -0.2) is 0 Å². The first-order valence-corrected chi connectivity index (χ1v) is 7.25. The Kier molecular flexibility index (Phi) is 5.67. The first kappa shape index (κ1) is 14.4. The van der Waals surface area contributed by atoms with Gasteiger partial charge in [-0.3, -0.25) is 0 Å². The van der Waals surface area contributed by atoms with E-state index in [1.165, 1.54) is 6.07 Å². The highest BCUT2D eigenvalue weighted by atomic mass is 79.9. The molecule has 0 amide bonds. The predicted octanol–water partition coefficient (Wildman–Crippen LogP) is 5.39. The molecule has 0 N–H and O–H groups in total. The molecule has 0 heterocycles. The van der Waals surface area contributed by atoms with Crippen LogP contribution in [0.5, 0.6) is 0 Å². The third-order valence-corrected chi connectivity index (χ3v) is 3.89. The van der Waals surface area contributed by atoms with Gasteiger partial charge in [0.2, 0.25) is 0 Å². The second kappa shape index (κ2) is 6.31. The lowest BCUT2D eigenvalue weighted by molar-refractivity contribution is -0.0328. The van der Waals surface area contributed by atoms with E-state index in [1.54, 1.807) is 12.1 Å². The summed E-state index contributed by atoms with van der Waals surface area (Å²) < 4.78 is 37.4. The van der Waals surface area contributed by atoms with E-state index in [9.17, 15) is 13.2 Å². The quantitative estimate of drug-likeness (QED) is 0.500. The zero-order chi connectivity index (χ0) is 12.2. The van der Waals surface area contributed by atoms with Crippen molar-refractivity contribution in [2.75, 3.05) is 5.33 Å². The van der Waals surface area contributed by atoms with Crippen LogP contribution in [0.15, 0.2) is 27.6 Å². The van der Waals surface area contributed by atoms with E-state index >= 15 is 0 Å². The second-order valence-corrected chi connectivity index (χ2v) is 5.88. The summed E-state index contributed by atoms with van der Waals surface area (Å²) in [7, 11) is 0. The molecule has 0 unspecified atom stereocenters. The van der Waals surface area contributed by atoms with Crippen molar-refractivity contribution in [3.63, 3.8) is 0 Å². The molecule has 0 bridgehead atoms. The zero-order valence-electron chi connectivity index (χ0n) is 8.15. The lowest BCUT2D eigenvalue weighted by atomic mass is 10.1. The van der Waals surface area contributed by atoms with Crippen molar-refractivity contribution >= 4 is 43.6 Å². The lowest BCUT2D eigenvalue weighted by Gasteiger charge is -2.09. The highest BCUT2D eigenvalue weighted by Gasteiger charge is 2.29. The number of benzene rings is 1. The Balaban J connectivity index is 2.81. The van der Waals surface area contributed by atoms with Gasteiger partial charge in [-0.1, -0.05) is 31.9 Å². The third kappa shape index (κ3) is 5.10. The fraction of sp³-hybridized carbons (Fsp3) is 0.400. The van der Waals surface area contributed by atoms with Crippen LogP contribution in [-0.2, 0) is 6.42 Å². The average molecular weight is 378 g/mol. The van der Waals surface area contributed by atoms with Crippen molar-refractivity contribution in [1.82, 2.24) is 0 Å². The maximum absolute atomic E-state index is 12.2. The summed E-state index contributed by atoms with van der Waals surface area (Å²) in [6, 6.07) is 4.72. The summed E-state index contributed by atoms with van der Waals surface area (Å²) in [4.78, 5) is 0.236.